The Balaban J connectivity index is 3.72. The maximum absolute atomic E-state index is 10.1. The number of aliphatic hydroxyl groups is 8. The molecule has 18 heavy (non-hydrogen) atoms. The van der Waals surface area contributed by atoms with Crippen molar-refractivity contribution < 1.29 is 40.9 Å². The van der Waals surface area contributed by atoms with Gasteiger partial charge in [0.2, 0.25) is 0 Å². The van der Waals surface area contributed by atoms with Gasteiger partial charge in [-0.25, -0.2) is 0 Å². The minimum Gasteiger partial charge on any atom is -0.384 e. The molecule has 0 spiro atoms. The lowest BCUT2D eigenvalue weighted by Crippen LogP contribution is -2.93. The van der Waals surface area contributed by atoms with E-state index in [1.165, 1.54) is 0 Å². The van der Waals surface area contributed by atoms with E-state index in [0.29, 0.717) is 13.8 Å². The van der Waals surface area contributed by atoms with Crippen molar-refractivity contribution in [2.24, 2.45) is 0 Å². The highest BCUT2D eigenvalue weighted by Crippen LogP contribution is 2.55. The zero-order valence-electron chi connectivity index (χ0n) is 10.6. The summed E-state index contributed by atoms with van der Waals surface area (Å²) >= 11 is 0. The van der Waals surface area contributed by atoms with E-state index < -0.39 is 34.0 Å². The van der Waals surface area contributed by atoms with Gasteiger partial charge in [0.25, 0.3) is 11.6 Å². The minimum absolute atomic E-state index is 0.692. The van der Waals surface area contributed by atoms with Gasteiger partial charge in [-0.05, 0) is 27.7 Å². The van der Waals surface area contributed by atoms with E-state index in [2.05, 4.69) is 0 Å². The predicted octanol–water partition coefficient (Wildman–Crippen LogP) is -3.63. The molecule has 0 saturated heterocycles. The summed E-state index contributed by atoms with van der Waals surface area (Å²) in [5, 5.41) is 79.1. The second-order valence-corrected chi connectivity index (χ2v) is 5.63. The van der Waals surface area contributed by atoms with Crippen LogP contribution in [0.5, 0.6) is 0 Å². The molecule has 0 radical (unpaired) electrons. The van der Waals surface area contributed by atoms with Gasteiger partial charge < -0.3 is 40.9 Å². The van der Waals surface area contributed by atoms with Crippen LogP contribution in [0.25, 0.3) is 0 Å². The molecule has 4 unspecified atom stereocenters. The van der Waals surface area contributed by atoms with Crippen LogP contribution in [0.3, 0.4) is 0 Å². The molecule has 0 aromatic rings. The van der Waals surface area contributed by atoms with E-state index in [1.807, 2.05) is 0 Å². The average molecular weight is 268 g/mol. The van der Waals surface area contributed by atoms with Gasteiger partial charge in [-0.3, -0.25) is 0 Å². The fraction of sp³-hybridized carbons (Fsp3) is 1.00. The monoisotopic (exact) mass is 268 g/mol. The smallest absolute Gasteiger partial charge is 0.254 e. The average Bonchev–Trinajstić information content (AvgIpc) is 2.14. The van der Waals surface area contributed by atoms with Gasteiger partial charge in [0.15, 0.2) is 11.2 Å². The Morgan fingerprint density at radius 1 is 0.389 bits per heavy atom. The van der Waals surface area contributed by atoms with Gasteiger partial charge in [-0.1, -0.05) is 0 Å². The molecule has 0 aliphatic heterocycles. The summed E-state index contributed by atoms with van der Waals surface area (Å²) in [6.07, 6.45) is 0. The fourth-order valence-corrected chi connectivity index (χ4v) is 2.31. The van der Waals surface area contributed by atoms with E-state index in [0.717, 1.165) is 13.8 Å². The number of hydrogen-bond acceptors (Lipinski definition) is 8. The highest BCUT2D eigenvalue weighted by atomic mass is 16.6. The van der Waals surface area contributed by atoms with E-state index in [4.69, 9.17) is 0 Å². The molecule has 1 aliphatic carbocycles. The topological polar surface area (TPSA) is 162 Å². The van der Waals surface area contributed by atoms with Crippen LogP contribution in [0.2, 0.25) is 0 Å². The van der Waals surface area contributed by atoms with Crippen molar-refractivity contribution in [2.45, 2.75) is 61.7 Å². The molecule has 1 fully saturated rings. The first kappa shape index (κ1) is 15.7. The van der Waals surface area contributed by atoms with Crippen LogP contribution in [0.4, 0.5) is 0 Å². The van der Waals surface area contributed by atoms with Crippen LogP contribution in [-0.2, 0) is 0 Å². The molecule has 8 nitrogen and oxygen atoms in total. The molecule has 1 saturated carbocycles. The van der Waals surface area contributed by atoms with Crippen molar-refractivity contribution >= 4 is 0 Å². The molecule has 4 atom stereocenters. The van der Waals surface area contributed by atoms with Crippen molar-refractivity contribution in [3.05, 3.63) is 0 Å². The van der Waals surface area contributed by atoms with Gasteiger partial charge in [0.05, 0.1) is 0 Å². The lowest BCUT2D eigenvalue weighted by atomic mass is 9.53. The van der Waals surface area contributed by atoms with Crippen molar-refractivity contribution in [1.82, 2.24) is 0 Å². The third kappa shape index (κ3) is 1.17. The summed E-state index contributed by atoms with van der Waals surface area (Å²) < 4.78 is 0. The highest BCUT2D eigenvalue weighted by molar-refractivity contribution is 5.28. The second-order valence-electron chi connectivity index (χ2n) is 5.63. The Kier molecular flexibility index (Phi) is 2.82. The summed E-state index contributed by atoms with van der Waals surface area (Å²) in [5.41, 5.74) is -11.2. The van der Waals surface area contributed by atoms with Gasteiger partial charge in [0, 0.05) is 0 Å². The lowest BCUT2D eigenvalue weighted by Gasteiger charge is -2.66. The predicted molar refractivity (Wildman–Crippen MR) is 56.8 cm³/mol. The lowest BCUT2D eigenvalue weighted by molar-refractivity contribution is -0.516. The molecular weight excluding hydrogens is 248 g/mol. The van der Waals surface area contributed by atoms with Crippen LogP contribution in [0.15, 0.2) is 0 Å². The first-order chi connectivity index (χ1) is 7.50. The molecule has 0 heterocycles. The SMILES string of the molecule is CC1(O)C(C)(O)C(C)(O)C(O)(O)C(O)(O)C1(C)O. The van der Waals surface area contributed by atoms with Crippen LogP contribution < -0.4 is 0 Å². The molecule has 8 heteroatoms. The molecule has 0 aromatic heterocycles. The third-order valence-electron chi connectivity index (χ3n) is 4.69. The van der Waals surface area contributed by atoms with Crippen molar-refractivity contribution in [2.75, 3.05) is 0 Å². The first-order valence-electron chi connectivity index (χ1n) is 5.29. The van der Waals surface area contributed by atoms with E-state index in [9.17, 15) is 40.9 Å². The van der Waals surface area contributed by atoms with Crippen LogP contribution >= 0.6 is 0 Å². The minimum atomic E-state index is -3.70. The normalized spacial score (nSPS) is 55.3. The van der Waals surface area contributed by atoms with E-state index in [-0.39, 0.29) is 0 Å². The van der Waals surface area contributed by atoms with Crippen molar-refractivity contribution in [3.8, 4) is 0 Å². The summed E-state index contributed by atoms with van der Waals surface area (Å²) in [4.78, 5) is 0. The van der Waals surface area contributed by atoms with Crippen LogP contribution in [0.1, 0.15) is 27.7 Å². The molecule has 0 amide bonds. The molecule has 108 valence electrons. The summed E-state index contributed by atoms with van der Waals surface area (Å²) in [5.74, 6) is -7.40. The maximum atomic E-state index is 10.1. The van der Waals surface area contributed by atoms with Gasteiger partial charge >= 0.3 is 0 Å². The zero-order valence-corrected chi connectivity index (χ0v) is 10.6. The molecule has 0 bridgehead atoms. The molecule has 8 N–H and O–H groups in total. The van der Waals surface area contributed by atoms with Crippen LogP contribution in [-0.4, -0.2) is 74.8 Å². The Hall–Kier alpha value is -0.320. The Morgan fingerprint density at radius 3 is 0.722 bits per heavy atom. The quantitative estimate of drug-likeness (QED) is 0.209. The van der Waals surface area contributed by atoms with Gasteiger partial charge in [0.1, 0.15) is 11.2 Å². The molecule has 0 aromatic carbocycles. The molecule has 1 aliphatic rings. The number of hydrogen-bond donors (Lipinski definition) is 8. The van der Waals surface area contributed by atoms with Crippen molar-refractivity contribution in [1.29, 1.82) is 0 Å². The molecule has 1 rings (SSSR count). The second kappa shape index (κ2) is 3.22. The number of rotatable bonds is 0. The highest BCUT2D eigenvalue weighted by Gasteiger charge is 2.84. The first-order valence-corrected chi connectivity index (χ1v) is 5.29. The summed E-state index contributed by atoms with van der Waals surface area (Å²) in [6, 6.07) is 0. The Morgan fingerprint density at radius 2 is 0.556 bits per heavy atom. The van der Waals surface area contributed by atoms with Crippen LogP contribution in [0, 0.1) is 0 Å². The standard InChI is InChI=1S/C10H20O8/c1-5(11)6(2,12)8(4,14)10(17,18)9(15,16)7(5,3)13/h11-18H,1-4H3. The Bertz CT molecular complexity index is 249. The van der Waals surface area contributed by atoms with E-state index in [1.54, 1.807) is 0 Å². The zero-order chi connectivity index (χ0) is 15.0. The van der Waals surface area contributed by atoms with Gasteiger partial charge in [-0.15, -0.1) is 0 Å². The summed E-state index contributed by atoms with van der Waals surface area (Å²) in [6.45, 7) is 3.05. The summed E-state index contributed by atoms with van der Waals surface area (Å²) in [7, 11) is 0. The Labute approximate surface area is 103 Å². The fourth-order valence-electron chi connectivity index (χ4n) is 2.31. The maximum Gasteiger partial charge on any atom is 0.254 e. The van der Waals surface area contributed by atoms with Crippen molar-refractivity contribution in [3.63, 3.8) is 0 Å². The largest absolute Gasteiger partial charge is 0.384 e. The van der Waals surface area contributed by atoms with Gasteiger partial charge in [-0.2, -0.15) is 0 Å². The third-order valence-corrected chi connectivity index (χ3v) is 4.69. The molecular formula is C10H20O8. The van der Waals surface area contributed by atoms with E-state index >= 15 is 0 Å².